The third-order valence-electron chi connectivity index (χ3n) is 3.31. The predicted molar refractivity (Wildman–Crippen MR) is 70.1 cm³/mol. The molecule has 2 atom stereocenters. The Morgan fingerprint density at radius 3 is 2.79 bits per heavy atom. The summed E-state index contributed by atoms with van der Waals surface area (Å²) in [6.07, 6.45) is 1.06. The number of methoxy groups -OCH3 is 1. The van der Waals surface area contributed by atoms with Crippen molar-refractivity contribution in [3.05, 3.63) is 0 Å². The first kappa shape index (κ1) is 15.7. The molecular weight excluding hydrogens is 250 g/mol. The Balaban J connectivity index is 2.25. The van der Waals surface area contributed by atoms with E-state index in [1.165, 1.54) is 7.11 Å². The van der Waals surface area contributed by atoms with Crippen molar-refractivity contribution in [1.82, 2.24) is 15.5 Å². The highest BCUT2D eigenvalue weighted by atomic mass is 16.5. The summed E-state index contributed by atoms with van der Waals surface area (Å²) in [5.74, 6) is -0.661. The van der Waals surface area contributed by atoms with Crippen LogP contribution in [-0.4, -0.2) is 67.9 Å². The minimum Gasteiger partial charge on any atom is -0.480 e. The number of nitrogens with one attached hydrogen (secondary N) is 2. The van der Waals surface area contributed by atoms with Crippen molar-refractivity contribution < 1.29 is 19.4 Å². The number of rotatable bonds is 7. The molecule has 19 heavy (non-hydrogen) atoms. The van der Waals surface area contributed by atoms with Crippen LogP contribution in [0.25, 0.3) is 0 Å². The van der Waals surface area contributed by atoms with Crippen LogP contribution in [-0.2, 0) is 9.53 Å². The lowest BCUT2D eigenvalue weighted by molar-refractivity contribution is -0.140. The summed E-state index contributed by atoms with van der Waals surface area (Å²) in [5.41, 5.74) is 0. The molecule has 0 spiro atoms. The Labute approximate surface area is 113 Å². The lowest BCUT2D eigenvalue weighted by Gasteiger charge is -2.16. The van der Waals surface area contributed by atoms with Gasteiger partial charge in [0.15, 0.2) is 6.04 Å². The maximum absolute atomic E-state index is 11.6. The zero-order valence-electron chi connectivity index (χ0n) is 11.5. The summed E-state index contributed by atoms with van der Waals surface area (Å²) < 4.78 is 4.74. The van der Waals surface area contributed by atoms with Gasteiger partial charge in [0.2, 0.25) is 0 Å². The van der Waals surface area contributed by atoms with Gasteiger partial charge in [-0.25, -0.2) is 9.59 Å². The van der Waals surface area contributed by atoms with Crippen molar-refractivity contribution in [1.29, 1.82) is 0 Å². The second kappa shape index (κ2) is 7.96. The molecule has 2 unspecified atom stereocenters. The van der Waals surface area contributed by atoms with Crippen molar-refractivity contribution in [2.75, 3.05) is 39.9 Å². The molecule has 3 N–H and O–H groups in total. The molecule has 0 radical (unpaired) electrons. The van der Waals surface area contributed by atoms with Gasteiger partial charge in [-0.2, -0.15) is 0 Å². The number of ether oxygens (including phenoxy) is 1. The average Bonchev–Trinajstić information content (AvgIpc) is 2.83. The van der Waals surface area contributed by atoms with Gasteiger partial charge in [-0.3, -0.25) is 0 Å². The quantitative estimate of drug-likeness (QED) is 0.594. The molecule has 2 amide bonds. The Morgan fingerprint density at radius 1 is 1.53 bits per heavy atom. The molecule has 0 aliphatic carbocycles. The van der Waals surface area contributed by atoms with Crippen molar-refractivity contribution in [2.45, 2.75) is 19.4 Å². The van der Waals surface area contributed by atoms with E-state index in [0.29, 0.717) is 12.5 Å². The average molecular weight is 273 g/mol. The van der Waals surface area contributed by atoms with Crippen molar-refractivity contribution in [3.63, 3.8) is 0 Å². The van der Waals surface area contributed by atoms with Gasteiger partial charge in [0.05, 0.1) is 6.61 Å². The van der Waals surface area contributed by atoms with Crippen LogP contribution in [0, 0.1) is 5.92 Å². The number of urea groups is 1. The van der Waals surface area contributed by atoms with Gasteiger partial charge in [-0.1, -0.05) is 6.92 Å². The zero-order chi connectivity index (χ0) is 14.3. The van der Waals surface area contributed by atoms with E-state index in [-0.39, 0.29) is 6.61 Å². The molecule has 1 heterocycles. The highest BCUT2D eigenvalue weighted by molar-refractivity contribution is 5.82. The van der Waals surface area contributed by atoms with E-state index in [1.807, 2.05) is 0 Å². The molecule has 1 saturated heterocycles. The fraction of sp³-hybridized carbons (Fsp3) is 0.833. The van der Waals surface area contributed by atoms with Crippen molar-refractivity contribution in [3.8, 4) is 0 Å². The number of amides is 2. The number of nitrogens with zero attached hydrogens (tertiary/aromatic N) is 1. The van der Waals surface area contributed by atoms with Crippen molar-refractivity contribution in [2.24, 2.45) is 5.92 Å². The Hall–Kier alpha value is -1.34. The maximum atomic E-state index is 11.6. The lowest BCUT2D eigenvalue weighted by Crippen LogP contribution is -2.49. The van der Waals surface area contributed by atoms with Gasteiger partial charge in [-0.05, 0) is 25.4 Å². The van der Waals surface area contributed by atoms with Gasteiger partial charge >= 0.3 is 12.0 Å². The SMILES string of the molecule is CCN1CCC(CNC(=O)NC(COC)C(=O)O)C1. The molecule has 0 aromatic heterocycles. The first-order chi connectivity index (χ1) is 9.06. The van der Waals surface area contributed by atoms with E-state index in [9.17, 15) is 9.59 Å². The zero-order valence-corrected chi connectivity index (χ0v) is 11.5. The molecule has 0 saturated carbocycles. The van der Waals surface area contributed by atoms with E-state index >= 15 is 0 Å². The second-order valence-corrected chi connectivity index (χ2v) is 4.75. The van der Waals surface area contributed by atoms with Gasteiger partial charge < -0.3 is 25.4 Å². The van der Waals surface area contributed by atoms with E-state index in [4.69, 9.17) is 9.84 Å². The predicted octanol–water partition coefficient (Wildman–Crippen LogP) is -0.273. The molecule has 1 rings (SSSR count). The summed E-state index contributed by atoms with van der Waals surface area (Å²) in [6.45, 7) is 5.71. The molecule has 7 heteroatoms. The smallest absolute Gasteiger partial charge is 0.328 e. The Morgan fingerprint density at radius 2 is 2.26 bits per heavy atom. The lowest BCUT2D eigenvalue weighted by atomic mass is 10.1. The van der Waals surface area contributed by atoms with Crippen LogP contribution in [0.5, 0.6) is 0 Å². The van der Waals surface area contributed by atoms with Crippen LogP contribution in [0.4, 0.5) is 4.79 Å². The third-order valence-corrected chi connectivity index (χ3v) is 3.31. The molecule has 0 bridgehead atoms. The number of aliphatic carboxylic acids is 1. The standard InChI is InChI=1S/C12H23N3O4/c1-3-15-5-4-9(7-15)6-13-12(18)14-10(8-19-2)11(16)17/h9-10H,3-8H2,1-2H3,(H,16,17)(H2,13,14,18). The summed E-state index contributed by atoms with van der Waals surface area (Å²) in [5, 5.41) is 14.0. The second-order valence-electron chi connectivity index (χ2n) is 4.75. The fourth-order valence-electron chi connectivity index (χ4n) is 2.15. The van der Waals surface area contributed by atoms with Gasteiger partial charge in [0.1, 0.15) is 0 Å². The van der Waals surface area contributed by atoms with Crippen LogP contribution in [0.2, 0.25) is 0 Å². The normalized spacial score (nSPS) is 21.1. The molecular formula is C12H23N3O4. The fourth-order valence-corrected chi connectivity index (χ4v) is 2.15. The largest absolute Gasteiger partial charge is 0.480 e. The molecule has 7 nitrogen and oxygen atoms in total. The number of carbonyl (C=O) groups is 2. The summed E-state index contributed by atoms with van der Waals surface area (Å²) in [6, 6.07) is -1.47. The summed E-state index contributed by atoms with van der Waals surface area (Å²) in [4.78, 5) is 24.8. The van der Waals surface area contributed by atoms with Crippen LogP contribution in [0.1, 0.15) is 13.3 Å². The molecule has 0 aromatic rings. The number of carbonyl (C=O) groups excluding carboxylic acids is 1. The first-order valence-electron chi connectivity index (χ1n) is 6.55. The topological polar surface area (TPSA) is 90.9 Å². The number of carboxylic acids is 1. The number of hydrogen-bond donors (Lipinski definition) is 3. The van der Waals surface area contributed by atoms with Gasteiger partial charge in [-0.15, -0.1) is 0 Å². The number of hydrogen-bond acceptors (Lipinski definition) is 4. The maximum Gasteiger partial charge on any atom is 0.328 e. The number of likely N-dealkylation sites (tertiary alicyclic amines) is 1. The molecule has 110 valence electrons. The molecule has 1 aliphatic heterocycles. The van der Waals surface area contributed by atoms with Crippen LogP contribution in [0.3, 0.4) is 0 Å². The third kappa shape index (κ3) is 5.44. The van der Waals surface area contributed by atoms with E-state index < -0.39 is 18.0 Å². The molecule has 1 aliphatic rings. The van der Waals surface area contributed by atoms with Crippen molar-refractivity contribution >= 4 is 12.0 Å². The Kier molecular flexibility index (Phi) is 6.58. The van der Waals surface area contributed by atoms with Gasteiger partial charge in [0, 0.05) is 20.2 Å². The highest BCUT2D eigenvalue weighted by Gasteiger charge is 2.23. The summed E-state index contributed by atoms with van der Waals surface area (Å²) in [7, 11) is 1.40. The highest BCUT2D eigenvalue weighted by Crippen LogP contribution is 2.14. The molecule has 1 fully saturated rings. The minimum absolute atomic E-state index is 0.0458. The van der Waals surface area contributed by atoms with Crippen LogP contribution < -0.4 is 10.6 Å². The Bertz CT molecular complexity index is 311. The van der Waals surface area contributed by atoms with Gasteiger partial charge in [0.25, 0.3) is 0 Å². The minimum atomic E-state index is -1.10. The van der Waals surface area contributed by atoms with E-state index in [1.54, 1.807) is 0 Å². The molecule has 0 aromatic carbocycles. The van der Waals surface area contributed by atoms with E-state index in [0.717, 1.165) is 26.1 Å². The first-order valence-corrected chi connectivity index (χ1v) is 6.55. The monoisotopic (exact) mass is 273 g/mol. The van der Waals surface area contributed by atoms with E-state index in [2.05, 4.69) is 22.5 Å². The number of carboxylic acid groups (broad SMARTS) is 1. The summed E-state index contributed by atoms with van der Waals surface area (Å²) >= 11 is 0. The van der Waals surface area contributed by atoms with Crippen LogP contribution in [0.15, 0.2) is 0 Å². The van der Waals surface area contributed by atoms with Crippen LogP contribution >= 0.6 is 0 Å².